The van der Waals surface area contributed by atoms with Crippen LogP contribution in [0.25, 0.3) is 5.82 Å². The minimum atomic E-state index is -0.615. The number of imidazole rings is 1. The highest BCUT2D eigenvalue weighted by Gasteiger charge is 2.39. The first-order valence-electron chi connectivity index (χ1n) is 13.7. The number of methoxy groups -OCH3 is 1. The lowest BCUT2D eigenvalue weighted by atomic mass is 9.88. The molecule has 42 heavy (non-hydrogen) atoms. The van der Waals surface area contributed by atoms with Crippen molar-refractivity contribution in [2.24, 2.45) is 11.7 Å². The number of hydrogen-bond donors (Lipinski definition) is 1. The van der Waals surface area contributed by atoms with Gasteiger partial charge in [-0.25, -0.2) is 15.0 Å². The maximum Gasteiger partial charge on any atom is 0.254 e. The molecule has 2 amide bonds. The molecule has 1 saturated heterocycles. The zero-order valence-corrected chi connectivity index (χ0v) is 23.1. The van der Waals surface area contributed by atoms with E-state index in [0.29, 0.717) is 66.9 Å². The molecule has 2 aromatic carbocycles. The van der Waals surface area contributed by atoms with Crippen LogP contribution in [0.15, 0.2) is 73.6 Å². The topological polar surface area (TPSA) is 138 Å². The lowest BCUT2D eigenvalue weighted by molar-refractivity contribution is -0.124. The summed E-state index contributed by atoms with van der Waals surface area (Å²) in [4.78, 5) is 43.7. The molecule has 0 saturated carbocycles. The van der Waals surface area contributed by atoms with Gasteiger partial charge in [-0.05, 0) is 54.8 Å². The molecule has 1 fully saturated rings. The maximum absolute atomic E-state index is 13.8. The van der Waals surface area contributed by atoms with Crippen molar-refractivity contribution in [1.29, 1.82) is 0 Å². The highest BCUT2D eigenvalue weighted by atomic mass is 16.7. The van der Waals surface area contributed by atoms with Gasteiger partial charge in [0.05, 0.1) is 19.1 Å². The fourth-order valence-electron chi connectivity index (χ4n) is 5.50. The quantitative estimate of drug-likeness (QED) is 0.322. The molecule has 2 aromatic heterocycles. The highest BCUT2D eigenvalue weighted by molar-refractivity contribution is 5.95. The van der Waals surface area contributed by atoms with Crippen molar-refractivity contribution in [3.05, 3.63) is 84.7 Å². The molecule has 0 radical (unpaired) electrons. The zero-order valence-electron chi connectivity index (χ0n) is 23.1. The standard InChI is InChI=1S/C30H31N7O5/c1-40-22-6-4-21(5-7-22)30(39)37-13-12-35(27-15-28(34-17-33-27)36-11-10-32-18-36)16-24(37)23(29(31)38)8-2-20-3-9-25-26(14-20)42-19-41-25/h3-7,9-11,14-15,17-18,23-24H,2,8,12-13,16,19H2,1H3,(H2,31,38). The Kier molecular flexibility index (Phi) is 7.58. The number of carbonyl (C=O) groups is 2. The van der Waals surface area contributed by atoms with E-state index < -0.39 is 17.9 Å². The second-order valence-corrected chi connectivity index (χ2v) is 10.2. The van der Waals surface area contributed by atoms with Crippen molar-refractivity contribution in [2.45, 2.75) is 18.9 Å². The van der Waals surface area contributed by atoms with E-state index in [1.807, 2.05) is 24.3 Å². The van der Waals surface area contributed by atoms with Crippen LogP contribution < -0.4 is 24.8 Å². The van der Waals surface area contributed by atoms with E-state index in [9.17, 15) is 9.59 Å². The molecule has 0 bridgehead atoms. The minimum Gasteiger partial charge on any atom is -0.497 e. The number of nitrogens with zero attached hydrogens (tertiary/aromatic N) is 6. The molecule has 0 aliphatic carbocycles. The van der Waals surface area contributed by atoms with Crippen molar-refractivity contribution in [3.8, 4) is 23.1 Å². The van der Waals surface area contributed by atoms with Crippen LogP contribution in [0.1, 0.15) is 22.3 Å². The summed E-state index contributed by atoms with van der Waals surface area (Å²) in [6.07, 6.45) is 7.67. The lowest BCUT2D eigenvalue weighted by Gasteiger charge is -2.44. The summed E-state index contributed by atoms with van der Waals surface area (Å²) in [7, 11) is 1.58. The summed E-state index contributed by atoms with van der Waals surface area (Å²) in [5, 5.41) is 0. The Labute approximate surface area is 242 Å². The van der Waals surface area contributed by atoms with Crippen LogP contribution in [0.5, 0.6) is 17.2 Å². The van der Waals surface area contributed by atoms with Crippen LogP contribution in [0.2, 0.25) is 0 Å². The molecule has 2 N–H and O–H groups in total. The number of aryl methyl sites for hydroxylation is 1. The van der Waals surface area contributed by atoms with Gasteiger partial charge in [0, 0.05) is 43.7 Å². The molecule has 2 atom stereocenters. The number of primary amides is 1. The molecule has 2 unspecified atom stereocenters. The number of fused-ring (bicyclic) bond motifs is 1. The Morgan fingerprint density at radius 3 is 2.62 bits per heavy atom. The number of ether oxygens (including phenoxy) is 3. The smallest absolute Gasteiger partial charge is 0.254 e. The van der Waals surface area contributed by atoms with Gasteiger partial charge < -0.3 is 29.7 Å². The number of anilines is 1. The molecule has 4 aromatic rings. The van der Waals surface area contributed by atoms with Gasteiger partial charge in [0.1, 0.15) is 30.0 Å². The van der Waals surface area contributed by atoms with E-state index in [1.54, 1.807) is 59.6 Å². The van der Waals surface area contributed by atoms with Crippen LogP contribution in [0.3, 0.4) is 0 Å². The summed E-state index contributed by atoms with van der Waals surface area (Å²) >= 11 is 0. The third kappa shape index (κ3) is 5.55. The van der Waals surface area contributed by atoms with Crippen LogP contribution in [-0.2, 0) is 11.2 Å². The number of aromatic nitrogens is 4. The van der Waals surface area contributed by atoms with Crippen LogP contribution in [-0.4, -0.2) is 75.8 Å². The fourth-order valence-corrected chi connectivity index (χ4v) is 5.50. The number of amides is 2. The van der Waals surface area contributed by atoms with E-state index in [4.69, 9.17) is 19.9 Å². The van der Waals surface area contributed by atoms with Crippen molar-refractivity contribution < 1.29 is 23.8 Å². The van der Waals surface area contributed by atoms with E-state index in [2.05, 4.69) is 19.9 Å². The molecule has 2 aliphatic rings. The summed E-state index contributed by atoms with van der Waals surface area (Å²) < 4.78 is 18.0. The van der Waals surface area contributed by atoms with Gasteiger partial charge in [0.2, 0.25) is 12.7 Å². The van der Waals surface area contributed by atoms with E-state index in [1.165, 1.54) is 6.33 Å². The average Bonchev–Trinajstić information content (AvgIpc) is 3.73. The van der Waals surface area contributed by atoms with Crippen molar-refractivity contribution in [2.75, 3.05) is 38.4 Å². The van der Waals surface area contributed by atoms with Gasteiger partial charge in [-0.3, -0.25) is 14.2 Å². The molecular formula is C30H31N7O5. The average molecular weight is 570 g/mol. The van der Waals surface area contributed by atoms with Gasteiger partial charge in [-0.2, -0.15) is 0 Å². The third-order valence-corrected chi connectivity index (χ3v) is 7.76. The highest BCUT2D eigenvalue weighted by Crippen LogP contribution is 2.34. The fraction of sp³-hybridized carbons (Fsp3) is 0.300. The summed E-state index contributed by atoms with van der Waals surface area (Å²) in [5.41, 5.74) is 7.54. The van der Waals surface area contributed by atoms with Gasteiger partial charge in [-0.1, -0.05) is 6.07 Å². The van der Waals surface area contributed by atoms with E-state index in [0.717, 1.165) is 5.56 Å². The monoisotopic (exact) mass is 569 g/mol. The minimum absolute atomic E-state index is 0.168. The first-order valence-corrected chi connectivity index (χ1v) is 13.7. The first kappa shape index (κ1) is 27.1. The molecule has 12 heteroatoms. The second-order valence-electron chi connectivity index (χ2n) is 10.2. The molecule has 6 rings (SSSR count). The Hall–Kier alpha value is -5.13. The van der Waals surface area contributed by atoms with Gasteiger partial charge >= 0.3 is 0 Å². The summed E-state index contributed by atoms with van der Waals surface area (Å²) in [5.74, 6) is 2.15. The Morgan fingerprint density at radius 1 is 1.05 bits per heavy atom. The van der Waals surface area contributed by atoms with Crippen molar-refractivity contribution in [3.63, 3.8) is 0 Å². The normalized spacial score (nSPS) is 16.7. The van der Waals surface area contributed by atoms with E-state index in [-0.39, 0.29) is 12.7 Å². The van der Waals surface area contributed by atoms with Crippen LogP contribution >= 0.6 is 0 Å². The first-order chi connectivity index (χ1) is 20.5. The zero-order chi connectivity index (χ0) is 29.1. The van der Waals surface area contributed by atoms with Gasteiger partial charge in [0.25, 0.3) is 5.91 Å². The second kappa shape index (κ2) is 11.8. The molecule has 12 nitrogen and oxygen atoms in total. The molecule has 2 aliphatic heterocycles. The molecule has 0 spiro atoms. The predicted octanol–water partition coefficient (Wildman–Crippen LogP) is 2.46. The molecule has 4 heterocycles. The van der Waals surface area contributed by atoms with Gasteiger partial charge in [0.15, 0.2) is 11.5 Å². The number of nitrogens with two attached hydrogens (primary N) is 1. The summed E-state index contributed by atoms with van der Waals surface area (Å²) in [6, 6.07) is 14.1. The maximum atomic E-state index is 13.8. The SMILES string of the molecule is COc1ccc(C(=O)N2CCN(c3cc(-n4ccnc4)ncn3)CC2C(CCc2ccc3c(c2)OCO3)C(N)=O)cc1. The Bertz CT molecular complexity index is 1560. The number of carbonyl (C=O) groups excluding carboxylic acids is 2. The predicted molar refractivity (Wildman–Crippen MR) is 153 cm³/mol. The Balaban J connectivity index is 1.28. The van der Waals surface area contributed by atoms with Crippen molar-refractivity contribution in [1.82, 2.24) is 24.4 Å². The molecular weight excluding hydrogens is 538 g/mol. The summed E-state index contributed by atoms with van der Waals surface area (Å²) in [6.45, 7) is 1.46. The van der Waals surface area contributed by atoms with E-state index >= 15 is 0 Å². The molecule has 216 valence electrons. The number of rotatable bonds is 9. The number of piperazine rings is 1. The number of benzene rings is 2. The number of hydrogen-bond acceptors (Lipinski definition) is 9. The van der Waals surface area contributed by atoms with Crippen molar-refractivity contribution >= 4 is 17.6 Å². The largest absolute Gasteiger partial charge is 0.497 e. The lowest BCUT2D eigenvalue weighted by Crippen LogP contribution is -2.60. The van der Waals surface area contributed by atoms with Gasteiger partial charge in [-0.15, -0.1) is 0 Å². The van der Waals surface area contributed by atoms with Crippen LogP contribution in [0.4, 0.5) is 5.82 Å². The Morgan fingerprint density at radius 2 is 1.86 bits per heavy atom. The van der Waals surface area contributed by atoms with Crippen LogP contribution in [0, 0.1) is 5.92 Å². The third-order valence-electron chi connectivity index (χ3n) is 7.76.